The van der Waals surface area contributed by atoms with Crippen molar-refractivity contribution >= 4 is 23.4 Å². The van der Waals surface area contributed by atoms with E-state index in [4.69, 9.17) is 16.9 Å². The van der Waals surface area contributed by atoms with Crippen LogP contribution in [-0.2, 0) is 0 Å². The monoisotopic (exact) mass is 265 g/mol. The lowest BCUT2D eigenvalue weighted by atomic mass is 9.91. The molecule has 1 fully saturated rings. The van der Waals surface area contributed by atoms with Crippen LogP contribution in [0.25, 0.3) is 0 Å². The molecular weight excluding hydrogens is 250 g/mol. The second-order valence-electron chi connectivity index (χ2n) is 4.74. The zero-order valence-electron chi connectivity index (χ0n) is 9.95. The van der Waals surface area contributed by atoms with Crippen molar-refractivity contribution in [1.82, 2.24) is 0 Å². The first-order valence-corrected chi connectivity index (χ1v) is 7.31. The van der Waals surface area contributed by atoms with Crippen LogP contribution in [0.4, 0.5) is 0 Å². The number of benzene rings is 1. The van der Waals surface area contributed by atoms with E-state index in [9.17, 15) is 0 Å². The predicted octanol–water partition coefficient (Wildman–Crippen LogP) is 4.88. The molecule has 0 radical (unpaired) electrons. The molecule has 0 heterocycles. The smallest absolute Gasteiger partial charge is 0.102 e. The molecule has 1 aliphatic rings. The zero-order chi connectivity index (χ0) is 12.3. The van der Waals surface area contributed by atoms with Gasteiger partial charge in [0.25, 0.3) is 0 Å². The molecule has 0 aliphatic heterocycles. The van der Waals surface area contributed by atoms with Gasteiger partial charge in [0.1, 0.15) is 6.07 Å². The minimum Gasteiger partial charge on any atom is -0.192 e. The molecule has 0 bridgehead atoms. The zero-order valence-corrected chi connectivity index (χ0v) is 11.5. The fraction of sp³-hybridized carbons (Fsp3) is 0.500. The van der Waals surface area contributed by atoms with Gasteiger partial charge >= 0.3 is 0 Å². The summed E-state index contributed by atoms with van der Waals surface area (Å²) in [6, 6.07) is 7.93. The SMILES string of the molecule is CC1CCCC(Sc2cccc(Cl)c2C#N)C1. The van der Waals surface area contributed by atoms with E-state index in [-0.39, 0.29) is 0 Å². The number of nitrogens with zero attached hydrogens (tertiary/aromatic N) is 1. The highest BCUT2D eigenvalue weighted by Gasteiger charge is 2.21. The number of halogens is 1. The number of thioether (sulfide) groups is 1. The first kappa shape index (κ1) is 12.8. The second kappa shape index (κ2) is 5.80. The number of hydrogen-bond acceptors (Lipinski definition) is 2. The Morgan fingerprint density at radius 3 is 2.94 bits per heavy atom. The maximum atomic E-state index is 9.13. The predicted molar refractivity (Wildman–Crippen MR) is 73.4 cm³/mol. The van der Waals surface area contributed by atoms with E-state index in [0.29, 0.717) is 15.8 Å². The summed E-state index contributed by atoms with van der Waals surface area (Å²) >= 11 is 7.87. The van der Waals surface area contributed by atoms with Gasteiger partial charge in [-0.3, -0.25) is 0 Å². The van der Waals surface area contributed by atoms with Crippen LogP contribution in [0.5, 0.6) is 0 Å². The third-order valence-electron chi connectivity index (χ3n) is 3.27. The van der Waals surface area contributed by atoms with E-state index in [0.717, 1.165) is 10.8 Å². The van der Waals surface area contributed by atoms with Crippen molar-refractivity contribution in [2.45, 2.75) is 42.8 Å². The van der Waals surface area contributed by atoms with E-state index < -0.39 is 0 Å². The molecule has 0 amide bonds. The standard InChI is InChI=1S/C14H16ClNS/c1-10-4-2-5-11(8-10)17-14-7-3-6-13(15)12(14)9-16/h3,6-7,10-11H,2,4-5,8H2,1H3. The lowest BCUT2D eigenvalue weighted by Gasteiger charge is -2.26. The van der Waals surface area contributed by atoms with Gasteiger partial charge in [0.05, 0.1) is 10.6 Å². The summed E-state index contributed by atoms with van der Waals surface area (Å²) in [5.41, 5.74) is 0.636. The molecule has 0 saturated heterocycles. The molecule has 2 unspecified atom stereocenters. The maximum Gasteiger partial charge on any atom is 0.102 e. The van der Waals surface area contributed by atoms with Gasteiger partial charge in [-0.25, -0.2) is 0 Å². The van der Waals surface area contributed by atoms with Crippen LogP contribution in [-0.4, -0.2) is 5.25 Å². The molecule has 90 valence electrons. The molecule has 0 N–H and O–H groups in total. The normalized spacial score (nSPS) is 24.3. The molecular formula is C14H16ClNS. The Bertz CT molecular complexity index is 438. The molecule has 1 aliphatic carbocycles. The molecule has 3 heteroatoms. The first-order chi connectivity index (χ1) is 8.20. The molecule has 17 heavy (non-hydrogen) atoms. The summed E-state index contributed by atoms with van der Waals surface area (Å²) in [7, 11) is 0. The van der Waals surface area contributed by atoms with E-state index in [1.807, 2.05) is 23.9 Å². The van der Waals surface area contributed by atoms with E-state index in [1.54, 1.807) is 6.07 Å². The Kier molecular flexibility index (Phi) is 4.36. The highest BCUT2D eigenvalue weighted by atomic mass is 35.5. The van der Waals surface area contributed by atoms with E-state index in [1.165, 1.54) is 25.7 Å². The summed E-state index contributed by atoms with van der Waals surface area (Å²) in [5.74, 6) is 0.811. The summed E-state index contributed by atoms with van der Waals surface area (Å²) in [6.07, 6.45) is 5.16. The number of nitriles is 1. The molecule has 1 aromatic carbocycles. The number of hydrogen-bond donors (Lipinski definition) is 0. The van der Waals surface area contributed by atoms with Crippen LogP contribution < -0.4 is 0 Å². The minimum absolute atomic E-state index is 0.571. The largest absolute Gasteiger partial charge is 0.192 e. The van der Waals surface area contributed by atoms with Gasteiger partial charge in [0, 0.05) is 10.1 Å². The van der Waals surface area contributed by atoms with Crippen LogP contribution in [0.2, 0.25) is 5.02 Å². The Morgan fingerprint density at radius 2 is 2.24 bits per heavy atom. The van der Waals surface area contributed by atoms with Crippen molar-refractivity contribution in [2.24, 2.45) is 5.92 Å². The lowest BCUT2D eigenvalue weighted by Crippen LogP contribution is -2.15. The van der Waals surface area contributed by atoms with Gasteiger partial charge in [-0.05, 0) is 30.9 Å². The van der Waals surface area contributed by atoms with Crippen LogP contribution >= 0.6 is 23.4 Å². The fourth-order valence-electron chi connectivity index (χ4n) is 2.38. The molecule has 1 nitrogen and oxygen atoms in total. The van der Waals surface area contributed by atoms with Crippen molar-refractivity contribution in [1.29, 1.82) is 5.26 Å². The fourth-order valence-corrected chi connectivity index (χ4v) is 4.15. The summed E-state index contributed by atoms with van der Waals surface area (Å²) in [4.78, 5) is 1.04. The topological polar surface area (TPSA) is 23.8 Å². The van der Waals surface area contributed by atoms with Crippen LogP contribution in [0.15, 0.2) is 23.1 Å². The van der Waals surface area contributed by atoms with Crippen LogP contribution in [0.1, 0.15) is 38.2 Å². The molecule has 2 atom stereocenters. The highest BCUT2D eigenvalue weighted by Crippen LogP contribution is 2.38. The molecule has 1 aromatic rings. The first-order valence-electron chi connectivity index (χ1n) is 6.06. The van der Waals surface area contributed by atoms with Gasteiger partial charge in [-0.1, -0.05) is 37.4 Å². The van der Waals surface area contributed by atoms with Crippen molar-refractivity contribution < 1.29 is 0 Å². The van der Waals surface area contributed by atoms with Crippen molar-refractivity contribution in [2.75, 3.05) is 0 Å². The third-order valence-corrected chi connectivity index (χ3v) is 4.94. The average molecular weight is 266 g/mol. The Hall–Kier alpha value is -0.650. The Balaban J connectivity index is 2.13. The molecule has 1 saturated carbocycles. The van der Waals surface area contributed by atoms with Gasteiger partial charge in [0.15, 0.2) is 0 Å². The van der Waals surface area contributed by atoms with Crippen LogP contribution in [0, 0.1) is 17.2 Å². The Morgan fingerprint density at radius 1 is 1.41 bits per heavy atom. The van der Waals surface area contributed by atoms with Gasteiger partial charge in [-0.2, -0.15) is 5.26 Å². The molecule has 2 rings (SSSR count). The van der Waals surface area contributed by atoms with Crippen LogP contribution in [0.3, 0.4) is 0 Å². The second-order valence-corrected chi connectivity index (χ2v) is 6.49. The maximum absolute atomic E-state index is 9.13. The molecule has 0 aromatic heterocycles. The van der Waals surface area contributed by atoms with Gasteiger partial charge < -0.3 is 0 Å². The van der Waals surface area contributed by atoms with Gasteiger partial charge in [-0.15, -0.1) is 11.8 Å². The molecule has 0 spiro atoms. The quantitative estimate of drug-likeness (QED) is 0.761. The third kappa shape index (κ3) is 3.18. The number of rotatable bonds is 2. The summed E-state index contributed by atoms with van der Waals surface area (Å²) in [5, 5.41) is 10.3. The van der Waals surface area contributed by atoms with Crippen molar-refractivity contribution in [3.8, 4) is 6.07 Å². The van der Waals surface area contributed by atoms with E-state index >= 15 is 0 Å². The minimum atomic E-state index is 0.571. The lowest BCUT2D eigenvalue weighted by molar-refractivity contribution is 0.394. The summed E-state index contributed by atoms with van der Waals surface area (Å²) < 4.78 is 0. The highest BCUT2D eigenvalue weighted by molar-refractivity contribution is 8.00. The van der Waals surface area contributed by atoms with E-state index in [2.05, 4.69) is 13.0 Å². The van der Waals surface area contributed by atoms with Crippen molar-refractivity contribution in [3.63, 3.8) is 0 Å². The van der Waals surface area contributed by atoms with Crippen molar-refractivity contribution in [3.05, 3.63) is 28.8 Å². The Labute approximate surface area is 112 Å². The average Bonchev–Trinajstić information content (AvgIpc) is 2.29. The summed E-state index contributed by atoms with van der Waals surface area (Å²) in [6.45, 7) is 2.32. The van der Waals surface area contributed by atoms with Gasteiger partial charge in [0.2, 0.25) is 0 Å².